The summed E-state index contributed by atoms with van der Waals surface area (Å²) < 4.78 is 31.7. The minimum atomic E-state index is -3.24. The number of aromatic nitrogens is 2. The fourth-order valence-electron chi connectivity index (χ4n) is 7.28. The van der Waals surface area contributed by atoms with Crippen molar-refractivity contribution in [3.05, 3.63) is 53.1 Å². The van der Waals surface area contributed by atoms with Crippen molar-refractivity contribution in [1.29, 1.82) is 0 Å². The van der Waals surface area contributed by atoms with Crippen LogP contribution in [0.5, 0.6) is 5.75 Å². The molecule has 1 unspecified atom stereocenters. The van der Waals surface area contributed by atoms with Crippen molar-refractivity contribution < 1.29 is 22.7 Å². The summed E-state index contributed by atoms with van der Waals surface area (Å²) in [4.78, 5) is 37.7. The van der Waals surface area contributed by atoms with Crippen LogP contribution in [0.4, 0.5) is 0 Å². The minimum Gasteiger partial charge on any atom is -0.491 e. The van der Waals surface area contributed by atoms with Crippen molar-refractivity contribution in [1.82, 2.24) is 29.8 Å². The standard InChI is InChI=1S/C35H52N6O5S/c1-27-38-30(25-31(39-27)29-11-8-20-41(26-29)47(2,44)45)13-14-33(42)36-18-23-40-21-16-35(17-22-40)15-7-3-4-9-28-10-5-6-12-32(28)46-24-19-37-34(35)43/h5-6,10,12,25,29H,3-4,7-9,11,13-24,26H2,1-2H3,(H,36,42)(H,37,43). The molecule has 258 valence electrons. The second kappa shape index (κ2) is 16.3. The van der Waals surface area contributed by atoms with Gasteiger partial charge in [-0.15, -0.1) is 0 Å². The van der Waals surface area contributed by atoms with Crippen molar-refractivity contribution in [3.63, 3.8) is 0 Å². The average Bonchev–Trinajstić information content (AvgIpc) is 3.07. The summed E-state index contributed by atoms with van der Waals surface area (Å²) in [5.41, 5.74) is 2.57. The molecular weight excluding hydrogens is 616 g/mol. The highest BCUT2D eigenvalue weighted by Gasteiger charge is 2.40. The van der Waals surface area contributed by atoms with Gasteiger partial charge in [0.25, 0.3) is 0 Å². The predicted molar refractivity (Wildman–Crippen MR) is 182 cm³/mol. The number of carbonyl (C=O) groups excluding carboxylic acids is 2. The number of sulfonamides is 1. The van der Waals surface area contributed by atoms with Crippen LogP contribution < -0.4 is 15.4 Å². The number of hydrogen-bond donors (Lipinski definition) is 2. The molecule has 1 spiro atoms. The molecule has 4 heterocycles. The number of para-hydroxylation sites is 1. The molecule has 5 rings (SSSR count). The van der Waals surface area contributed by atoms with Gasteiger partial charge in [0.2, 0.25) is 21.8 Å². The SMILES string of the molecule is Cc1nc(CCC(=O)NCCN2CCC3(CCCCCc4ccccc4OCCNC3=O)CC2)cc(C2CCCN(S(C)(=O)=O)C2)n1. The third-order valence-electron chi connectivity index (χ3n) is 10.1. The van der Waals surface area contributed by atoms with Crippen molar-refractivity contribution in [2.75, 3.05) is 58.7 Å². The fraction of sp³-hybridized carbons (Fsp3) is 0.657. The zero-order valence-corrected chi connectivity index (χ0v) is 29.0. The number of carbonyl (C=O) groups is 2. The van der Waals surface area contributed by atoms with Gasteiger partial charge in [0.1, 0.15) is 18.2 Å². The summed E-state index contributed by atoms with van der Waals surface area (Å²) in [5.74, 6) is 1.73. The number of nitrogens with zero attached hydrogens (tertiary/aromatic N) is 4. The van der Waals surface area contributed by atoms with Crippen LogP contribution in [0.3, 0.4) is 0 Å². The Labute approximate surface area is 280 Å². The largest absolute Gasteiger partial charge is 0.491 e. The summed E-state index contributed by atoms with van der Waals surface area (Å²) in [7, 11) is -3.24. The van der Waals surface area contributed by atoms with E-state index in [1.807, 2.05) is 25.1 Å². The number of hydrogen-bond acceptors (Lipinski definition) is 8. The predicted octanol–water partition coefficient (Wildman–Crippen LogP) is 3.37. The maximum Gasteiger partial charge on any atom is 0.226 e. The maximum absolute atomic E-state index is 13.4. The van der Waals surface area contributed by atoms with Crippen LogP contribution in [0.25, 0.3) is 0 Å². The third-order valence-corrected chi connectivity index (χ3v) is 11.3. The lowest BCUT2D eigenvalue weighted by molar-refractivity contribution is -0.134. The molecule has 12 heteroatoms. The second-order valence-corrected chi connectivity index (χ2v) is 15.5. The maximum atomic E-state index is 13.4. The number of amides is 2. The number of nitrogens with one attached hydrogen (secondary N) is 2. The van der Waals surface area contributed by atoms with E-state index < -0.39 is 10.0 Å². The molecule has 11 nitrogen and oxygen atoms in total. The van der Waals surface area contributed by atoms with E-state index in [0.29, 0.717) is 51.5 Å². The van der Waals surface area contributed by atoms with Gasteiger partial charge in [-0.25, -0.2) is 22.7 Å². The first-order chi connectivity index (χ1) is 22.6. The molecule has 2 fully saturated rings. The molecule has 3 aliphatic heterocycles. The number of piperidine rings is 2. The van der Waals surface area contributed by atoms with Gasteiger partial charge in [-0.3, -0.25) is 9.59 Å². The van der Waals surface area contributed by atoms with Crippen molar-refractivity contribution in [2.45, 2.75) is 83.5 Å². The molecule has 0 radical (unpaired) electrons. The van der Waals surface area contributed by atoms with Gasteiger partial charge in [0, 0.05) is 49.9 Å². The number of benzene rings is 1. The highest BCUT2D eigenvalue weighted by molar-refractivity contribution is 7.88. The van der Waals surface area contributed by atoms with Gasteiger partial charge in [-0.2, -0.15) is 0 Å². The van der Waals surface area contributed by atoms with Crippen molar-refractivity contribution >= 4 is 21.8 Å². The molecular formula is C35H52N6O5S. The Kier molecular flexibility index (Phi) is 12.2. The highest BCUT2D eigenvalue weighted by Crippen LogP contribution is 2.37. The van der Waals surface area contributed by atoms with Crippen LogP contribution in [0.2, 0.25) is 0 Å². The van der Waals surface area contributed by atoms with Gasteiger partial charge < -0.3 is 20.3 Å². The minimum absolute atomic E-state index is 0.0174. The van der Waals surface area contributed by atoms with Crippen LogP contribution in [-0.2, 0) is 32.5 Å². The number of ether oxygens (including phenoxy) is 1. The molecule has 2 N–H and O–H groups in total. The van der Waals surface area contributed by atoms with E-state index in [2.05, 4.69) is 37.6 Å². The molecule has 47 heavy (non-hydrogen) atoms. The zero-order chi connectivity index (χ0) is 33.3. The van der Waals surface area contributed by atoms with Gasteiger partial charge in [0.15, 0.2) is 0 Å². The van der Waals surface area contributed by atoms with E-state index in [9.17, 15) is 18.0 Å². The van der Waals surface area contributed by atoms with Crippen LogP contribution in [0.1, 0.15) is 86.5 Å². The number of likely N-dealkylation sites (tertiary alicyclic amines) is 1. The van der Waals surface area contributed by atoms with Gasteiger partial charge in [-0.05, 0) is 89.1 Å². The Morgan fingerprint density at radius 2 is 1.89 bits per heavy atom. The molecule has 0 bridgehead atoms. The highest BCUT2D eigenvalue weighted by atomic mass is 32.2. The lowest BCUT2D eigenvalue weighted by atomic mass is 9.73. The summed E-state index contributed by atoms with van der Waals surface area (Å²) in [6.07, 6.45) is 10.6. The quantitative estimate of drug-likeness (QED) is 0.438. The number of aryl methyl sites for hydroxylation is 3. The topological polar surface area (TPSA) is 134 Å². The molecule has 2 amide bonds. The Hall–Kier alpha value is -3.09. The lowest BCUT2D eigenvalue weighted by Crippen LogP contribution is -2.50. The van der Waals surface area contributed by atoms with E-state index in [1.165, 1.54) is 16.1 Å². The Balaban J connectivity index is 1.05. The molecule has 0 aliphatic carbocycles. The third kappa shape index (κ3) is 9.96. The van der Waals surface area contributed by atoms with Crippen LogP contribution in [0, 0.1) is 12.3 Å². The molecule has 3 aliphatic rings. The Morgan fingerprint density at radius 1 is 1.09 bits per heavy atom. The van der Waals surface area contributed by atoms with E-state index >= 15 is 0 Å². The smallest absolute Gasteiger partial charge is 0.226 e. The summed E-state index contributed by atoms with van der Waals surface area (Å²) in [6.45, 7) is 6.79. The molecule has 0 saturated carbocycles. The van der Waals surface area contributed by atoms with Crippen molar-refractivity contribution in [3.8, 4) is 5.75 Å². The van der Waals surface area contributed by atoms with E-state index in [-0.39, 0.29) is 23.1 Å². The van der Waals surface area contributed by atoms with Gasteiger partial charge in [0.05, 0.1) is 18.2 Å². The van der Waals surface area contributed by atoms with Gasteiger partial charge in [-0.1, -0.05) is 31.0 Å². The van der Waals surface area contributed by atoms with Crippen LogP contribution in [-0.4, -0.2) is 98.1 Å². The zero-order valence-electron chi connectivity index (χ0n) is 28.1. The monoisotopic (exact) mass is 668 g/mol. The van der Waals surface area contributed by atoms with Crippen LogP contribution >= 0.6 is 0 Å². The normalized spacial score (nSPS) is 21.7. The summed E-state index contributed by atoms with van der Waals surface area (Å²) >= 11 is 0. The van der Waals surface area contributed by atoms with E-state index in [4.69, 9.17) is 4.74 Å². The lowest BCUT2D eigenvalue weighted by Gasteiger charge is -2.41. The first-order valence-electron chi connectivity index (χ1n) is 17.4. The summed E-state index contributed by atoms with van der Waals surface area (Å²) in [6, 6.07) is 10.1. The van der Waals surface area contributed by atoms with Crippen molar-refractivity contribution in [2.24, 2.45) is 5.41 Å². The first-order valence-corrected chi connectivity index (χ1v) is 19.2. The Morgan fingerprint density at radius 3 is 2.70 bits per heavy atom. The molecule has 1 atom stereocenters. The molecule has 1 aromatic heterocycles. The average molecular weight is 669 g/mol. The van der Waals surface area contributed by atoms with Gasteiger partial charge >= 0.3 is 0 Å². The number of rotatable bonds is 8. The van der Waals surface area contributed by atoms with Crippen LogP contribution in [0.15, 0.2) is 30.3 Å². The second-order valence-electron chi connectivity index (χ2n) is 13.5. The number of fused-ring (bicyclic) bond motifs is 1. The van der Waals surface area contributed by atoms with E-state index in [0.717, 1.165) is 94.6 Å². The summed E-state index contributed by atoms with van der Waals surface area (Å²) in [5, 5.41) is 6.24. The molecule has 2 saturated heterocycles. The Bertz CT molecular complexity index is 1480. The van der Waals surface area contributed by atoms with E-state index in [1.54, 1.807) is 0 Å². The first kappa shape index (κ1) is 35.2. The molecule has 1 aromatic carbocycles. The fourth-order valence-corrected chi connectivity index (χ4v) is 8.19. The molecule has 2 aromatic rings.